The van der Waals surface area contributed by atoms with Crippen molar-refractivity contribution in [1.29, 1.82) is 0 Å². The SMILES string of the molecule is C[C@H]1CC(F)(F)CN1Cc1nc(-c2nnc(CC(C)(C)OC=O)o2)sc1-c1ccc(C(C)(C(F)(F)F)C(F)(F)F)cc1C(F)F. The summed E-state index contributed by atoms with van der Waals surface area (Å²) in [5.41, 5.74) is -8.64. The molecule has 248 valence electrons. The van der Waals surface area contributed by atoms with Crippen molar-refractivity contribution in [2.45, 2.75) is 88.8 Å². The number of hydrogen-bond donors (Lipinski definition) is 0. The number of aromatic nitrogens is 3. The summed E-state index contributed by atoms with van der Waals surface area (Å²) in [6.07, 6.45) is -15.8. The first kappa shape index (κ1) is 34.6. The summed E-state index contributed by atoms with van der Waals surface area (Å²) >= 11 is 0.661. The molecular weight excluding hydrogens is 650 g/mol. The zero-order valence-electron chi connectivity index (χ0n) is 24.0. The third-order valence-electron chi connectivity index (χ3n) is 7.54. The number of carbonyl (C=O) groups excluding carboxylic acids is 1. The summed E-state index contributed by atoms with van der Waals surface area (Å²) in [5.74, 6) is -3.31. The van der Waals surface area contributed by atoms with Crippen molar-refractivity contribution in [2.75, 3.05) is 6.54 Å². The van der Waals surface area contributed by atoms with Crippen LogP contribution in [0, 0.1) is 0 Å². The van der Waals surface area contributed by atoms with Gasteiger partial charge in [-0.15, -0.1) is 21.5 Å². The van der Waals surface area contributed by atoms with E-state index in [0.29, 0.717) is 23.5 Å². The third-order valence-corrected chi connectivity index (χ3v) is 8.66. The van der Waals surface area contributed by atoms with Gasteiger partial charge < -0.3 is 9.15 Å². The molecule has 18 heteroatoms. The van der Waals surface area contributed by atoms with Gasteiger partial charge >= 0.3 is 12.4 Å². The van der Waals surface area contributed by atoms with Crippen LogP contribution < -0.4 is 0 Å². The molecule has 0 N–H and O–H groups in total. The molecule has 3 heterocycles. The molecule has 4 rings (SSSR count). The van der Waals surface area contributed by atoms with E-state index in [1.807, 2.05) is 0 Å². The molecule has 2 aromatic heterocycles. The van der Waals surface area contributed by atoms with Gasteiger partial charge in [-0.25, -0.2) is 22.5 Å². The maximum absolute atomic E-state index is 14.4. The maximum Gasteiger partial charge on any atom is 0.406 e. The Morgan fingerprint density at radius 1 is 1.11 bits per heavy atom. The van der Waals surface area contributed by atoms with E-state index in [1.54, 1.807) is 13.8 Å². The smallest absolute Gasteiger partial charge is 0.406 e. The first-order valence-corrected chi connectivity index (χ1v) is 14.0. The van der Waals surface area contributed by atoms with E-state index < -0.39 is 71.4 Å². The molecule has 0 radical (unpaired) electrons. The van der Waals surface area contributed by atoms with Gasteiger partial charge in [0.25, 0.3) is 24.7 Å². The van der Waals surface area contributed by atoms with Crippen molar-refractivity contribution in [3.8, 4) is 21.3 Å². The van der Waals surface area contributed by atoms with Crippen LogP contribution in [0.2, 0.25) is 0 Å². The molecular formula is C27H26F10N4O3S. The van der Waals surface area contributed by atoms with Gasteiger partial charge in [-0.1, -0.05) is 12.1 Å². The number of ether oxygens (including phenoxy) is 1. The van der Waals surface area contributed by atoms with Crippen LogP contribution in [0.5, 0.6) is 0 Å². The lowest BCUT2D eigenvalue weighted by Gasteiger charge is -2.34. The van der Waals surface area contributed by atoms with Crippen molar-refractivity contribution in [3.05, 3.63) is 40.9 Å². The Kier molecular flexibility index (Phi) is 9.09. The summed E-state index contributed by atoms with van der Waals surface area (Å²) in [6.45, 7) is 3.67. The lowest BCUT2D eigenvalue weighted by Crippen LogP contribution is -2.51. The summed E-state index contributed by atoms with van der Waals surface area (Å²) in [6, 6.07) is 0.631. The van der Waals surface area contributed by atoms with Gasteiger partial charge in [0.15, 0.2) is 10.4 Å². The number of nitrogens with zero attached hydrogens (tertiary/aromatic N) is 4. The zero-order chi connectivity index (χ0) is 33.8. The van der Waals surface area contributed by atoms with E-state index in [2.05, 4.69) is 15.2 Å². The number of hydrogen-bond acceptors (Lipinski definition) is 8. The topological polar surface area (TPSA) is 81.4 Å². The van der Waals surface area contributed by atoms with Crippen LogP contribution in [0.25, 0.3) is 21.3 Å². The maximum atomic E-state index is 14.4. The molecule has 45 heavy (non-hydrogen) atoms. The lowest BCUT2D eigenvalue weighted by atomic mass is 9.79. The van der Waals surface area contributed by atoms with Crippen LogP contribution in [0.3, 0.4) is 0 Å². The predicted octanol–water partition coefficient (Wildman–Crippen LogP) is 7.90. The van der Waals surface area contributed by atoms with E-state index in [0.717, 1.165) is 0 Å². The number of likely N-dealkylation sites (tertiary alicyclic amines) is 1. The molecule has 0 aliphatic carbocycles. The molecule has 1 aliphatic rings. The van der Waals surface area contributed by atoms with Crippen LogP contribution in [0.15, 0.2) is 22.6 Å². The molecule has 7 nitrogen and oxygen atoms in total. The van der Waals surface area contributed by atoms with Crippen LogP contribution in [-0.4, -0.2) is 63.0 Å². The molecule has 0 spiro atoms. The second-order valence-corrected chi connectivity index (χ2v) is 12.5. The van der Waals surface area contributed by atoms with Gasteiger partial charge in [-0.05, 0) is 39.3 Å². The van der Waals surface area contributed by atoms with Crippen LogP contribution >= 0.6 is 11.3 Å². The van der Waals surface area contributed by atoms with Crippen molar-refractivity contribution >= 4 is 17.8 Å². The Balaban J connectivity index is 1.85. The molecule has 0 unspecified atom stereocenters. The van der Waals surface area contributed by atoms with E-state index >= 15 is 0 Å². The number of carbonyl (C=O) groups is 1. The van der Waals surface area contributed by atoms with E-state index in [-0.39, 0.29) is 59.8 Å². The fourth-order valence-corrected chi connectivity index (χ4v) is 5.98. The minimum atomic E-state index is -5.88. The standard InChI is InChI=1S/C27H26F10N4O3S/c1-13-8-25(30,31)11-41(13)10-17-19(45-22(38-17)21-40-39-18(44-21)9-23(2,3)43-12-42)15-6-5-14(7-16(15)20(28)29)24(4,26(32,33)34)27(35,36)37/h5-7,12-13,20H,8-11H2,1-4H3/t13-/m0/s1. The van der Waals surface area contributed by atoms with E-state index in [1.165, 1.54) is 11.8 Å². The van der Waals surface area contributed by atoms with Gasteiger partial charge in [-0.2, -0.15) is 26.3 Å². The first-order chi connectivity index (χ1) is 20.6. The molecule has 0 bridgehead atoms. The lowest BCUT2D eigenvalue weighted by molar-refractivity contribution is -0.297. The van der Waals surface area contributed by atoms with Crippen molar-refractivity contribution < 1.29 is 57.9 Å². The van der Waals surface area contributed by atoms with Gasteiger partial charge in [0.2, 0.25) is 5.89 Å². The fourth-order valence-electron chi connectivity index (χ4n) is 4.94. The van der Waals surface area contributed by atoms with Gasteiger partial charge in [0.1, 0.15) is 5.60 Å². The molecule has 1 saturated heterocycles. The normalized spacial score (nSPS) is 18.2. The quantitative estimate of drug-likeness (QED) is 0.160. The van der Waals surface area contributed by atoms with Crippen LogP contribution in [0.4, 0.5) is 43.9 Å². The third kappa shape index (κ3) is 6.95. The highest BCUT2D eigenvalue weighted by Crippen LogP contribution is 2.53. The van der Waals surface area contributed by atoms with Crippen molar-refractivity contribution in [1.82, 2.24) is 20.1 Å². The largest absolute Gasteiger partial charge is 0.461 e. The number of rotatable bonds is 10. The molecule has 1 aromatic carbocycles. The Morgan fingerprint density at radius 2 is 1.76 bits per heavy atom. The van der Waals surface area contributed by atoms with Crippen molar-refractivity contribution in [3.63, 3.8) is 0 Å². The number of halogens is 10. The predicted molar refractivity (Wildman–Crippen MR) is 140 cm³/mol. The Bertz CT molecular complexity index is 1520. The summed E-state index contributed by atoms with van der Waals surface area (Å²) < 4.78 is 150. The molecule has 0 amide bonds. The zero-order valence-corrected chi connectivity index (χ0v) is 24.8. The number of thiazole rings is 1. The first-order valence-electron chi connectivity index (χ1n) is 13.2. The van der Waals surface area contributed by atoms with Crippen molar-refractivity contribution in [2.24, 2.45) is 0 Å². The second-order valence-electron chi connectivity index (χ2n) is 11.5. The summed E-state index contributed by atoms with van der Waals surface area (Å²) in [5, 5.41) is 7.63. The monoisotopic (exact) mass is 676 g/mol. The van der Waals surface area contributed by atoms with E-state index in [4.69, 9.17) is 9.15 Å². The Hall–Kier alpha value is -3.28. The van der Waals surface area contributed by atoms with Gasteiger partial charge in [0, 0.05) is 30.1 Å². The summed E-state index contributed by atoms with van der Waals surface area (Å²) in [7, 11) is 0. The number of benzene rings is 1. The summed E-state index contributed by atoms with van der Waals surface area (Å²) in [4.78, 5) is 16.3. The second kappa shape index (κ2) is 11.8. The average Bonchev–Trinajstić information content (AvgIpc) is 3.58. The average molecular weight is 677 g/mol. The van der Waals surface area contributed by atoms with E-state index in [9.17, 15) is 48.7 Å². The Labute approximate surface area is 253 Å². The fraction of sp³-hybridized carbons (Fsp3) is 0.556. The molecule has 3 aromatic rings. The van der Waals surface area contributed by atoms with Gasteiger partial charge in [0.05, 0.1) is 23.5 Å². The minimum absolute atomic E-state index is 0.0147. The van der Waals surface area contributed by atoms with Gasteiger partial charge in [-0.3, -0.25) is 9.69 Å². The highest BCUT2D eigenvalue weighted by molar-refractivity contribution is 7.18. The van der Waals surface area contributed by atoms with Crippen LogP contribution in [0.1, 0.15) is 63.3 Å². The Morgan fingerprint density at radius 3 is 2.29 bits per heavy atom. The highest BCUT2D eigenvalue weighted by atomic mass is 32.1. The highest BCUT2D eigenvalue weighted by Gasteiger charge is 2.68. The molecule has 0 saturated carbocycles. The molecule has 1 atom stereocenters. The number of alkyl halides is 10. The molecule has 1 fully saturated rings. The molecule has 1 aliphatic heterocycles. The van der Waals surface area contributed by atoms with Crippen LogP contribution in [-0.2, 0) is 27.9 Å². The minimum Gasteiger partial charge on any atom is -0.461 e.